The molecule has 1 saturated heterocycles. The summed E-state index contributed by atoms with van der Waals surface area (Å²) in [6, 6.07) is 0. The SMILES string of the molecule is CCC1CC(=CC(C)O)CCO1. The van der Waals surface area contributed by atoms with Gasteiger partial charge >= 0.3 is 0 Å². The maximum atomic E-state index is 9.15. The molecule has 2 nitrogen and oxygen atoms in total. The largest absolute Gasteiger partial charge is 0.389 e. The second-order valence-electron chi connectivity index (χ2n) is 3.42. The Kier molecular flexibility index (Phi) is 3.76. The second kappa shape index (κ2) is 4.63. The van der Waals surface area contributed by atoms with Crippen molar-refractivity contribution >= 4 is 0 Å². The lowest BCUT2D eigenvalue weighted by Crippen LogP contribution is -2.20. The van der Waals surface area contributed by atoms with Crippen molar-refractivity contribution in [3.8, 4) is 0 Å². The van der Waals surface area contributed by atoms with Gasteiger partial charge in [-0.05, 0) is 26.2 Å². The molecule has 2 heteroatoms. The summed E-state index contributed by atoms with van der Waals surface area (Å²) in [6.07, 6.45) is 5.07. The Morgan fingerprint density at radius 2 is 2.50 bits per heavy atom. The van der Waals surface area contributed by atoms with E-state index < -0.39 is 0 Å². The van der Waals surface area contributed by atoms with E-state index in [1.807, 2.05) is 6.08 Å². The van der Waals surface area contributed by atoms with Gasteiger partial charge in [-0.3, -0.25) is 0 Å². The molecule has 1 N–H and O–H groups in total. The van der Waals surface area contributed by atoms with Gasteiger partial charge in [-0.15, -0.1) is 0 Å². The topological polar surface area (TPSA) is 29.5 Å². The van der Waals surface area contributed by atoms with E-state index in [0.717, 1.165) is 25.9 Å². The highest BCUT2D eigenvalue weighted by Gasteiger charge is 2.15. The van der Waals surface area contributed by atoms with Crippen LogP contribution in [-0.4, -0.2) is 23.9 Å². The molecule has 12 heavy (non-hydrogen) atoms. The molecule has 1 aliphatic rings. The van der Waals surface area contributed by atoms with Gasteiger partial charge in [0.2, 0.25) is 0 Å². The third kappa shape index (κ3) is 2.95. The van der Waals surface area contributed by atoms with E-state index in [-0.39, 0.29) is 6.10 Å². The van der Waals surface area contributed by atoms with Crippen LogP contribution >= 0.6 is 0 Å². The minimum atomic E-state index is -0.310. The van der Waals surface area contributed by atoms with Gasteiger partial charge < -0.3 is 9.84 Å². The molecule has 70 valence electrons. The van der Waals surface area contributed by atoms with Crippen molar-refractivity contribution in [1.82, 2.24) is 0 Å². The van der Waals surface area contributed by atoms with E-state index in [2.05, 4.69) is 6.92 Å². The Balaban J connectivity index is 2.45. The fourth-order valence-corrected chi connectivity index (χ4v) is 1.56. The summed E-state index contributed by atoms with van der Waals surface area (Å²) in [4.78, 5) is 0. The lowest BCUT2D eigenvalue weighted by molar-refractivity contribution is 0.0331. The Hall–Kier alpha value is -0.340. The molecule has 0 saturated carbocycles. The van der Waals surface area contributed by atoms with Crippen LogP contribution in [0.5, 0.6) is 0 Å². The van der Waals surface area contributed by atoms with Crippen molar-refractivity contribution in [1.29, 1.82) is 0 Å². The van der Waals surface area contributed by atoms with E-state index in [1.54, 1.807) is 6.92 Å². The Bertz CT molecular complexity index is 161. The normalized spacial score (nSPS) is 30.6. The van der Waals surface area contributed by atoms with E-state index in [9.17, 15) is 0 Å². The van der Waals surface area contributed by atoms with Crippen LogP contribution in [0, 0.1) is 0 Å². The molecule has 1 heterocycles. The fraction of sp³-hybridized carbons (Fsp3) is 0.800. The van der Waals surface area contributed by atoms with Gasteiger partial charge in [-0.25, -0.2) is 0 Å². The molecular weight excluding hydrogens is 152 g/mol. The van der Waals surface area contributed by atoms with E-state index in [4.69, 9.17) is 9.84 Å². The summed E-state index contributed by atoms with van der Waals surface area (Å²) in [7, 11) is 0. The zero-order valence-corrected chi connectivity index (χ0v) is 7.92. The number of ether oxygens (including phenoxy) is 1. The van der Waals surface area contributed by atoms with Crippen LogP contribution in [0.2, 0.25) is 0 Å². The molecule has 2 unspecified atom stereocenters. The quantitative estimate of drug-likeness (QED) is 0.641. The molecule has 0 aromatic heterocycles. The number of rotatable bonds is 2. The molecule has 0 bridgehead atoms. The predicted molar refractivity (Wildman–Crippen MR) is 49.0 cm³/mol. The van der Waals surface area contributed by atoms with Crippen molar-refractivity contribution < 1.29 is 9.84 Å². The first-order valence-electron chi connectivity index (χ1n) is 4.71. The van der Waals surface area contributed by atoms with Gasteiger partial charge in [0.25, 0.3) is 0 Å². The third-order valence-corrected chi connectivity index (χ3v) is 2.20. The highest BCUT2D eigenvalue weighted by atomic mass is 16.5. The van der Waals surface area contributed by atoms with E-state index in [1.165, 1.54) is 5.57 Å². The van der Waals surface area contributed by atoms with Crippen molar-refractivity contribution in [3.05, 3.63) is 11.6 Å². The molecule has 0 aromatic rings. The van der Waals surface area contributed by atoms with Crippen LogP contribution in [-0.2, 0) is 4.74 Å². The second-order valence-corrected chi connectivity index (χ2v) is 3.42. The predicted octanol–water partition coefficient (Wildman–Crippen LogP) is 1.88. The highest BCUT2D eigenvalue weighted by Crippen LogP contribution is 2.21. The minimum absolute atomic E-state index is 0.310. The number of aliphatic hydroxyl groups excluding tert-OH is 1. The first kappa shape index (κ1) is 9.75. The van der Waals surface area contributed by atoms with Crippen LogP contribution in [0.15, 0.2) is 11.6 Å². The summed E-state index contributed by atoms with van der Waals surface area (Å²) < 4.78 is 5.52. The van der Waals surface area contributed by atoms with Gasteiger partial charge in [0, 0.05) is 0 Å². The Labute approximate surface area is 74.2 Å². The molecule has 0 aromatic carbocycles. The first-order chi connectivity index (χ1) is 5.72. The van der Waals surface area contributed by atoms with Crippen molar-refractivity contribution in [2.45, 2.75) is 45.3 Å². The molecule has 2 atom stereocenters. The zero-order valence-electron chi connectivity index (χ0n) is 7.92. The standard InChI is InChI=1S/C10H18O2/c1-3-10-7-9(4-5-12-10)6-8(2)11/h6,8,10-11H,3-5,7H2,1-2H3. The average molecular weight is 170 g/mol. The molecular formula is C10H18O2. The summed E-state index contributed by atoms with van der Waals surface area (Å²) >= 11 is 0. The number of aliphatic hydroxyl groups is 1. The molecule has 1 aliphatic heterocycles. The third-order valence-electron chi connectivity index (χ3n) is 2.20. The molecule has 0 spiro atoms. The lowest BCUT2D eigenvalue weighted by atomic mass is 9.99. The summed E-state index contributed by atoms with van der Waals surface area (Å²) in [5.41, 5.74) is 1.35. The van der Waals surface area contributed by atoms with Crippen LogP contribution in [0.25, 0.3) is 0 Å². The summed E-state index contributed by atoms with van der Waals surface area (Å²) in [5.74, 6) is 0. The Morgan fingerprint density at radius 3 is 3.08 bits per heavy atom. The van der Waals surface area contributed by atoms with Crippen molar-refractivity contribution in [3.63, 3.8) is 0 Å². The van der Waals surface area contributed by atoms with Gasteiger partial charge in [0.1, 0.15) is 0 Å². The molecule has 0 radical (unpaired) electrons. The van der Waals surface area contributed by atoms with Crippen molar-refractivity contribution in [2.75, 3.05) is 6.61 Å². The first-order valence-corrected chi connectivity index (χ1v) is 4.71. The number of hydrogen-bond acceptors (Lipinski definition) is 2. The van der Waals surface area contributed by atoms with E-state index in [0.29, 0.717) is 6.10 Å². The molecule has 0 amide bonds. The smallest absolute Gasteiger partial charge is 0.0695 e. The molecule has 1 fully saturated rings. The van der Waals surface area contributed by atoms with Crippen LogP contribution in [0.4, 0.5) is 0 Å². The maximum absolute atomic E-state index is 9.15. The Morgan fingerprint density at radius 1 is 1.75 bits per heavy atom. The van der Waals surface area contributed by atoms with Gasteiger partial charge in [-0.1, -0.05) is 18.6 Å². The van der Waals surface area contributed by atoms with Crippen molar-refractivity contribution in [2.24, 2.45) is 0 Å². The maximum Gasteiger partial charge on any atom is 0.0695 e. The van der Waals surface area contributed by atoms with Gasteiger partial charge in [-0.2, -0.15) is 0 Å². The van der Waals surface area contributed by atoms with Crippen LogP contribution in [0.3, 0.4) is 0 Å². The van der Waals surface area contributed by atoms with Crippen LogP contribution in [0.1, 0.15) is 33.1 Å². The molecule has 0 aliphatic carbocycles. The molecule has 1 rings (SSSR count). The monoisotopic (exact) mass is 170 g/mol. The minimum Gasteiger partial charge on any atom is -0.389 e. The fourth-order valence-electron chi connectivity index (χ4n) is 1.56. The lowest BCUT2D eigenvalue weighted by Gasteiger charge is -2.24. The average Bonchev–Trinajstić information content (AvgIpc) is 2.03. The zero-order chi connectivity index (χ0) is 8.97. The summed E-state index contributed by atoms with van der Waals surface area (Å²) in [6.45, 7) is 4.75. The summed E-state index contributed by atoms with van der Waals surface area (Å²) in [5, 5.41) is 9.15. The van der Waals surface area contributed by atoms with Crippen LogP contribution < -0.4 is 0 Å². The van der Waals surface area contributed by atoms with Gasteiger partial charge in [0.05, 0.1) is 18.8 Å². The van der Waals surface area contributed by atoms with E-state index >= 15 is 0 Å². The number of hydrogen-bond donors (Lipinski definition) is 1. The van der Waals surface area contributed by atoms with Gasteiger partial charge in [0.15, 0.2) is 0 Å². The highest BCUT2D eigenvalue weighted by molar-refractivity contribution is 5.07.